The van der Waals surface area contributed by atoms with Gasteiger partial charge >= 0.3 is 6.09 Å². The highest BCUT2D eigenvalue weighted by molar-refractivity contribution is 7.91. The first kappa shape index (κ1) is 47.5. The van der Waals surface area contributed by atoms with Crippen LogP contribution < -0.4 is 29.6 Å². The van der Waals surface area contributed by atoms with Crippen molar-refractivity contribution < 1.29 is 50.9 Å². The van der Waals surface area contributed by atoms with Crippen molar-refractivity contribution in [2.24, 2.45) is 17.8 Å². The Hall–Kier alpha value is -5.45. The van der Waals surface area contributed by atoms with Gasteiger partial charge in [-0.2, -0.15) is 0 Å². The summed E-state index contributed by atoms with van der Waals surface area (Å²) in [5.74, 6) is -2.90. The summed E-state index contributed by atoms with van der Waals surface area (Å²) in [7, 11) is -2.69. The molecule has 4 amide bonds. The zero-order valence-corrected chi connectivity index (χ0v) is 39.5. The molecule has 7 rings (SSSR count). The number of amides is 4. The van der Waals surface area contributed by atoms with Crippen molar-refractivity contribution in [3.63, 3.8) is 0 Å². The van der Waals surface area contributed by atoms with Crippen molar-refractivity contribution in [3.05, 3.63) is 60.4 Å². The molecule has 0 spiro atoms. The first-order valence-corrected chi connectivity index (χ1v) is 24.0. The Morgan fingerprint density at radius 2 is 1.75 bits per heavy atom. The summed E-state index contributed by atoms with van der Waals surface area (Å²) in [6.07, 6.45) is 4.80. The highest BCUT2D eigenvalue weighted by Gasteiger charge is 2.63. The van der Waals surface area contributed by atoms with Crippen molar-refractivity contribution >= 4 is 44.6 Å². The van der Waals surface area contributed by atoms with E-state index in [4.69, 9.17) is 23.9 Å². The highest BCUT2D eigenvalue weighted by atomic mass is 32.2. The van der Waals surface area contributed by atoms with Crippen molar-refractivity contribution in [2.75, 3.05) is 13.7 Å². The van der Waals surface area contributed by atoms with E-state index in [1.807, 2.05) is 57.2 Å². The third kappa shape index (κ3) is 10.5. The largest absolute Gasteiger partial charge is 0.494 e. The number of methoxy groups -OCH3 is 1. The number of ether oxygens (including phenoxy) is 4. The molecule has 3 aromatic rings. The molecule has 352 valence electrons. The van der Waals surface area contributed by atoms with Crippen molar-refractivity contribution in [1.82, 2.24) is 25.2 Å². The van der Waals surface area contributed by atoms with Crippen LogP contribution in [0.5, 0.6) is 17.4 Å². The van der Waals surface area contributed by atoms with E-state index in [-0.39, 0.29) is 43.0 Å². The third-order valence-electron chi connectivity index (χ3n) is 12.8. The van der Waals surface area contributed by atoms with Crippen LogP contribution in [-0.2, 0) is 29.1 Å². The lowest BCUT2D eigenvalue weighted by Crippen LogP contribution is -2.59. The van der Waals surface area contributed by atoms with E-state index in [9.17, 15) is 22.8 Å². The van der Waals surface area contributed by atoms with E-state index in [0.29, 0.717) is 53.5 Å². The van der Waals surface area contributed by atoms with E-state index < -0.39 is 85.6 Å². The van der Waals surface area contributed by atoms with Crippen LogP contribution in [0, 0.1) is 23.6 Å². The molecule has 3 N–H and O–H groups in total. The maximum absolute atomic E-state index is 15.4. The first-order chi connectivity index (χ1) is 30.5. The van der Waals surface area contributed by atoms with Gasteiger partial charge in [-0.3, -0.25) is 19.1 Å². The topological polar surface area (TPSA) is 192 Å². The number of fused-ring (bicyclic) bond motifs is 3. The molecule has 7 unspecified atom stereocenters. The van der Waals surface area contributed by atoms with Crippen molar-refractivity contribution in [1.29, 1.82) is 0 Å². The molecular formula is C48H62FN5O10S. The van der Waals surface area contributed by atoms with Gasteiger partial charge < -0.3 is 34.5 Å². The SMILES string of the molecule is COc1cc2cc(-c3ccc(OC(C)C)cc3)nc(OC3CC4C(=O)NC5(C(=O)NS(=O)(=O)C6(C)CC6)CC5C=CCCC(C)CC(C)C(NC(=O)OC(C)(C)C)C(=O)N4C3)c2cc1F. The smallest absolute Gasteiger partial charge is 0.408 e. The van der Waals surface area contributed by atoms with Crippen molar-refractivity contribution in [3.8, 4) is 28.6 Å². The number of nitrogens with zero attached hydrogens (tertiary/aromatic N) is 2. The minimum atomic E-state index is -4.06. The Morgan fingerprint density at radius 3 is 2.40 bits per heavy atom. The predicted octanol–water partition coefficient (Wildman–Crippen LogP) is 6.96. The van der Waals surface area contributed by atoms with Gasteiger partial charge in [0.2, 0.25) is 27.7 Å². The number of nitrogens with one attached hydrogen (secondary N) is 3. The molecule has 65 heavy (non-hydrogen) atoms. The zero-order chi connectivity index (χ0) is 47.2. The number of hydrogen-bond donors (Lipinski definition) is 3. The molecule has 0 radical (unpaired) electrons. The standard InChI is InChI=1S/C48H62FN5O10S/c1-27(2)62-33-16-14-30(15-17-33)37-21-31-22-39(61-9)36(49)24-35(31)42(50-37)63-34-23-38-41(55)52-48(44(57)53-65(59,60)47(8)18-19-47)25-32(48)13-11-10-12-28(3)20-29(4)40(43(56)54(38)26-34)51-45(58)64-46(5,6)7/h11,13-17,21-22,24,27-29,32,34,38,40H,10,12,18-20,23,25-26H2,1-9H3,(H,51,58)(H,52,55)(H,53,57). The third-order valence-corrected chi connectivity index (χ3v) is 14.9. The van der Waals surface area contributed by atoms with Crippen LogP contribution in [0.2, 0.25) is 0 Å². The second-order valence-electron chi connectivity index (χ2n) is 19.8. The van der Waals surface area contributed by atoms with Gasteiger partial charge in [-0.05, 0) is 140 Å². The van der Waals surface area contributed by atoms with Gasteiger partial charge in [0, 0.05) is 23.3 Å². The molecular weight excluding hydrogens is 858 g/mol. The van der Waals surface area contributed by atoms with E-state index in [1.165, 1.54) is 18.1 Å². The summed E-state index contributed by atoms with van der Waals surface area (Å²) in [6.45, 7) is 14.3. The molecule has 0 bridgehead atoms. The average Bonchev–Trinajstić information content (AvgIpc) is 4.10. The van der Waals surface area contributed by atoms with Crippen LogP contribution in [0.4, 0.5) is 9.18 Å². The summed E-state index contributed by atoms with van der Waals surface area (Å²) in [6, 6.07) is 9.51. The lowest BCUT2D eigenvalue weighted by Gasteiger charge is -2.33. The molecule has 1 aromatic heterocycles. The Kier molecular flexibility index (Phi) is 13.2. The first-order valence-electron chi connectivity index (χ1n) is 22.5. The summed E-state index contributed by atoms with van der Waals surface area (Å²) in [4.78, 5) is 63.5. The van der Waals surface area contributed by atoms with Gasteiger partial charge in [0.25, 0.3) is 5.91 Å². The van der Waals surface area contributed by atoms with Gasteiger partial charge in [-0.25, -0.2) is 22.6 Å². The summed E-state index contributed by atoms with van der Waals surface area (Å²) in [5.41, 5.74) is -1.29. The van der Waals surface area contributed by atoms with Crippen LogP contribution in [0.1, 0.15) is 100 Å². The number of halogens is 1. The van der Waals surface area contributed by atoms with Gasteiger partial charge in [-0.15, -0.1) is 0 Å². The van der Waals surface area contributed by atoms with Gasteiger partial charge in [-0.1, -0.05) is 26.0 Å². The molecule has 7 atom stereocenters. The number of benzene rings is 2. The molecule has 1 saturated heterocycles. The number of sulfonamides is 1. The number of rotatable bonds is 10. The highest BCUT2D eigenvalue weighted by Crippen LogP contribution is 2.48. The molecule has 3 fully saturated rings. The number of hydrogen-bond acceptors (Lipinski definition) is 11. The molecule has 4 aliphatic rings. The summed E-state index contributed by atoms with van der Waals surface area (Å²) < 4.78 is 66.7. The van der Waals surface area contributed by atoms with E-state index in [0.717, 1.165) is 6.42 Å². The van der Waals surface area contributed by atoms with E-state index >= 15 is 9.18 Å². The second kappa shape index (κ2) is 18.1. The fourth-order valence-corrected chi connectivity index (χ4v) is 10.1. The van der Waals surface area contributed by atoms with Gasteiger partial charge in [0.15, 0.2) is 11.6 Å². The van der Waals surface area contributed by atoms with Crippen LogP contribution in [0.15, 0.2) is 54.6 Å². The van der Waals surface area contributed by atoms with Crippen LogP contribution in [0.3, 0.4) is 0 Å². The maximum Gasteiger partial charge on any atom is 0.408 e. The van der Waals surface area contributed by atoms with Crippen LogP contribution in [0.25, 0.3) is 22.0 Å². The number of allylic oxidation sites excluding steroid dienone is 1. The quantitative estimate of drug-likeness (QED) is 0.178. The van der Waals surface area contributed by atoms with Gasteiger partial charge in [0.1, 0.15) is 35.1 Å². The fourth-order valence-electron chi connectivity index (χ4n) is 8.78. The van der Waals surface area contributed by atoms with Crippen LogP contribution >= 0.6 is 0 Å². The molecule has 3 heterocycles. The van der Waals surface area contributed by atoms with Crippen LogP contribution in [-0.4, -0.2) is 95.9 Å². The number of aromatic nitrogens is 1. The monoisotopic (exact) mass is 919 g/mol. The zero-order valence-electron chi connectivity index (χ0n) is 38.7. The molecule has 15 nitrogen and oxygen atoms in total. The number of carbonyl (C=O) groups excluding carboxylic acids is 4. The van der Waals surface area contributed by atoms with E-state index in [1.54, 1.807) is 39.8 Å². The minimum absolute atomic E-state index is 0.00696. The molecule has 2 aliphatic carbocycles. The number of carbonyl (C=O) groups is 4. The Bertz CT molecular complexity index is 2470. The Morgan fingerprint density at radius 1 is 1.05 bits per heavy atom. The second-order valence-corrected chi connectivity index (χ2v) is 22.0. The molecule has 2 aromatic carbocycles. The molecule has 2 aliphatic heterocycles. The normalized spacial score (nSPS) is 26.8. The van der Waals surface area contributed by atoms with Crippen molar-refractivity contribution in [2.45, 2.75) is 141 Å². The maximum atomic E-state index is 15.4. The summed E-state index contributed by atoms with van der Waals surface area (Å²) >= 11 is 0. The molecule has 17 heteroatoms. The molecule has 2 saturated carbocycles. The minimum Gasteiger partial charge on any atom is -0.494 e. The average molecular weight is 920 g/mol. The fraction of sp³-hybridized carbons (Fsp3) is 0.562. The number of pyridine rings is 1. The Balaban J connectivity index is 1.27. The predicted molar refractivity (Wildman–Crippen MR) is 242 cm³/mol. The van der Waals surface area contributed by atoms with E-state index in [2.05, 4.69) is 22.3 Å². The number of alkyl carbamates (subject to hydrolysis) is 1. The summed E-state index contributed by atoms with van der Waals surface area (Å²) in [5, 5.41) is 6.56. The lowest BCUT2D eigenvalue weighted by atomic mass is 9.88. The van der Waals surface area contributed by atoms with Gasteiger partial charge in [0.05, 0.1) is 30.2 Å². The Labute approximate surface area is 380 Å². The lowest BCUT2D eigenvalue weighted by molar-refractivity contribution is -0.142.